The largest absolute Gasteiger partial charge is 0.307 e. The van der Waals surface area contributed by atoms with Crippen molar-refractivity contribution in [1.29, 1.82) is 5.26 Å². The van der Waals surface area contributed by atoms with E-state index in [-0.39, 0.29) is 0 Å². The van der Waals surface area contributed by atoms with E-state index in [4.69, 9.17) is 5.26 Å². The predicted molar refractivity (Wildman–Crippen MR) is 49.8 cm³/mol. The van der Waals surface area contributed by atoms with E-state index in [0.29, 0.717) is 5.69 Å². The molecular formula is C9H5BrN2. The summed E-state index contributed by atoms with van der Waals surface area (Å²) in [4.78, 5) is 0. The fourth-order valence-corrected chi connectivity index (χ4v) is 1.74. The van der Waals surface area contributed by atoms with Gasteiger partial charge in [0.05, 0.1) is 5.52 Å². The molecule has 0 amide bonds. The summed E-state index contributed by atoms with van der Waals surface area (Å²) in [5.74, 6) is 0. The number of hydrogen-bond donors (Lipinski definition) is 0. The van der Waals surface area contributed by atoms with Crippen molar-refractivity contribution in [2.75, 3.05) is 0 Å². The molecule has 0 fully saturated rings. The van der Waals surface area contributed by atoms with Gasteiger partial charge in [0, 0.05) is 10.7 Å². The molecule has 0 atom stereocenters. The maximum absolute atomic E-state index is 8.76. The van der Waals surface area contributed by atoms with Crippen LogP contribution in [0, 0.1) is 11.3 Å². The van der Waals surface area contributed by atoms with Crippen molar-refractivity contribution in [2.24, 2.45) is 0 Å². The van der Waals surface area contributed by atoms with Gasteiger partial charge >= 0.3 is 0 Å². The van der Waals surface area contributed by atoms with Gasteiger partial charge in [0.15, 0.2) is 0 Å². The van der Waals surface area contributed by atoms with Crippen molar-refractivity contribution < 1.29 is 0 Å². The Bertz CT molecular complexity index is 465. The monoisotopic (exact) mass is 220 g/mol. The van der Waals surface area contributed by atoms with Crippen LogP contribution in [0.5, 0.6) is 0 Å². The van der Waals surface area contributed by atoms with Crippen molar-refractivity contribution >= 4 is 21.4 Å². The van der Waals surface area contributed by atoms with E-state index in [9.17, 15) is 0 Å². The molecule has 0 aromatic carbocycles. The number of rotatable bonds is 0. The smallest absolute Gasteiger partial charge is 0.125 e. The second-order valence-electron chi connectivity index (χ2n) is 2.45. The summed E-state index contributed by atoms with van der Waals surface area (Å²) in [6, 6.07) is 9.75. The van der Waals surface area contributed by atoms with Crippen LogP contribution < -0.4 is 0 Å². The van der Waals surface area contributed by atoms with E-state index < -0.39 is 0 Å². The topological polar surface area (TPSA) is 28.2 Å². The highest BCUT2D eigenvalue weighted by Gasteiger charge is 2.03. The number of fused-ring (bicyclic) bond motifs is 1. The highest BCUT2D eigenvalue weighted by molar-refractivity contribution is 9.10. The van der Waals surface area contributed by atoms with Crippen molar-refractivity contribution in [3.05, 3.63) is 40.6 Å². The molecule has 2 rings (SSSR count). The Morgan fingerprint density at radius 2 is 2.25 bits per heavy atom. The van der Waals surface area contributed by atoms with Gasteiger partial charge in [0.1, 0.15) is 11.8 Å². The first-order valence-corrected chi connectivity index (χ1v) is 4.28. The average molecular weight is 221 g/mol. The molecule has 0 aliphatic rings. The summed E-state index contributed by atoms with van der Waals surface area (Å²) in [6.07, 6.45) is 1.87. The van der Waals surface area contributed by atoms with Gasteiger partial charge in [-0.2, -0.15) is 5.26 Å². The Kier molecular flexibility index (Phi) is 1.63. The van der Waals surface area contributed by atoms with E-state index in [1.807, 2.05) is 34.9 Å². The summed E-state index contributed by atoms with van der Waals surface area (Å²) >= 11 is 3.39. The predicted octanol–water partition coefficient (Wildman–Crippen LogP) is 2.57. The third-order valence-corrected chi connectivity index (χ3v) is 2.38. The van der Waals surface area contributed by atoms with E-state index in [2.05, 4.69) is 22.0 Å². The minimum absolute atomic E-state index is 0.650. The second-order valence-corrected chi connectivity index (χ2v) is 3.30. The van der Waals surface area contributed by atoms with Crippen LogP contribution in [0.1, 0.15) is 5.69 Å². The third-order valence-electron chi connectivity index (χ3n) is 1.74. The quantitative estimate of drug-likeness (QED) is 0.671. The molecule has 0 bridgehead atoms. The van der Waals surface area contributed by atoms with E-state index in [0.717, 1.165) is 9.99 Å². The van der Waals surface area contributed by atoms with Crippen LogP contribution in [0.25, 0.3) is 5.52 Å². The highest BCUT2D eigenvalue weighted by atomic mass is 79.9. The molecule has 0 saturated carbocycles. The van der Waals surface area contributed by atoms with Crippen molar-refractivity contribution in [1.82, 2.24) is 4.40 Å². The second kappa shape index (κ2) is 2.65. The number of pyridine rings is 1. The Hall–Kier alpha value is -1.27. The van der Waals surface area contributed by atoms with Gasteiger partial charge in [-0.1, -0.05) is 6.07 Å². The minimum Gasteiger partial charge on any atom is -0.307 e. The third kappa shape index (κ3) is 0.926. The van der Waals surface area contributed by atoms with Crippen LogP contribution in [0.15, 0.2) is 34.9 Å². The maximum atomic E-state index is 8.76. The lowest BCUT2D eigenvalue weighted by Crippen LogP contribution is -1.84. The van der Waals surface area contributed by atoms with E-state index in [1.54, 1.807) is 0 Å². The lowest BCUT2D eigenvalue weighted by molar-refractivity contribution is 1.16. The Labute approximate surface area is 78.2 Å². The number of nitriles is 1. The normalized spacial score (nSPS) is 10.0. The molecule has 0 N–H and O–H groups in total. The first kappa shape index (κ1) is 7.38. The van der Waals surface area contributed by atoms with E-state index >= 15 is 0 Å². The number of aromatic nitrogens is 1. The minimum atomic E-state index is 0.650. The van der Waals surface area contributed by atoms with Crippen LogP contribution >= 0.6 is 15.9 Å². The molecule has 12 heavy (non-hydrogen) atoms. The number of halogens is 1. The lowest BCUT2D eigenvalue weighted by atomic mass is 10.4. The SMILES string of the molecule is N#Cc1cc(Br)c2ccccn12. The standard InChI is InChI=1S/C9H5BrN2/c10-8-5-7(6-11)12-4-2-1-3-9(8)12/h1-5H. The Morgan fingerprint density at radius 1 is 1.42 bits per heavy atom. The van der Waals surface area contributed by atoms with Crippen LogP contribution in [0.3, 0.4) is 0 Å². The Morgan fingerprint density at radius 3 is 3.00 bits per heavy atom. The molecule has 0 saturated heterocycles. The van der Waals surface area contributed by atoms with Crippen molar-refractivity contribution in [2.45, 2.75) is 0 Å². The van der Waals surface area contributed by atoms with Gasteiger partial charge in [-0.25, -0.2) is 0 Å². The molecule has 0 radical (unpaired) electrons. The fourth-order valence-electron chi connectivity index (χ4n) is 1.20. The average Bonchev–Trinajstić information content (AvgIpc) is 2.44. The molecule has 2 heterocycles. The maximum Gasteiger partial charge on any atom is 0.125 e. The molecule has 2 aromatic rings. The molecule has 0 aliphatic heterocycles. The summed E-state index contributed by atoms with van der Waals surface area (Å²) < 4.78 is 2.81. The van der Waals surface area contributed by atoms with Crippen LogP contribution in [0.4, 0.5) is 0 Å². The van der Waals surface area contributed by atoms with Gasteiger partial charge in [-0.3, -0.25) is 0 Å². The molecule has 0 unspecified atom stereocenters. The van der Waals surface area contributed by atoms with E-state index in [1.165, 1.54) is 0 Å². The number of nitrogens with zero attached hydrogens (tertiary/aromatic N) is 2. The first-order chi connectivity index (χ1) is 5.83. The molecule has 0 spiro atoms. The summed E-state index contributed by atoms with van der Waals surface area (Å²) in [5.41, 5.74) is 1.67. The molecule has 0 aliphatic carbocycles. The molecule has 3 heteroatoms. The highest BCUT2D eigenvalue weighted by Crippen LogP contribution is 2.21. The zero-order chi connectivity index (χ0) is 8.55. The summed E-state index contributed by atoms with van der Waals surface area (Å²) in [7, 11) is 0. The van der Waals surface area contributed by atoms with Crippen LogP contribution in [-0.2, 0) is 0 Å². The van der Waals surface area contributed by atoms with Gasteiger partial charge < -0.3 is 4.40 Å². The van der Waals surface area contributed by atoms with Crippen LogP contribution in [-0.4, -0.2) is 4.40 Å². The zero-order valence-electron chi connectivity index (χ0n) is 6.16. The van der Waals surface area contributed by atoms with Gasteiger partial charge in [-0.05, 0) is 34.1 Å². The van der Waals surface area contributed by atoms with Crippen molar-refractivity contribution in [3.63, 3.8) is 0 Å². The zero-order valence-corrected chi connectivity index (χ0v) is 7.75. The molecule has 2 nitrogen and oxygen atoms in total. The Balaban J connectivity index is 2.94. The number of hydrogen-bond acceptors (Lipinski definition) is 1. The summed E-state index contributed by atoms with van der Waals surface area (Å²) in [5, 5.41) is 8.76. The van der Waals surface area contributed by atoms with Crippen molar-refractivity contribution in [3.8, 4) is 6.07 Å². The molecule has 2 aromatic heterocycles. The van der Waals surface area contributed by atoms with Gasteiger partial charge in [-0.15, -0.1) is 0 Å². The molecule has 58 valence electrons. The lowest BCUT2D eigenvalue weighted by Gasteiger charge is -1.93. The fraction of sp³-hybridized carbons (Fsp3) is 0. The first-order valence-electron chi connectivity index (χ1n) is 3.48. The summed E-state index contributed by atoms with van der Waals surface area (Å²) in [6.45, 7) is 0. The molecular weight excluding hydrogens is 216 g/mol. The van der Waals surface area contributed by atoms with Gasteiger partial charge in [0.25, 0.3) is 0 Å². The van der Waals surface area contributed by atoms with Crippen LogP contribution in [0.2, 0.25) is 0 Å². The van der Waals surface area contributed by atoms with Gasteiger partial charge in [0.2, 0.25) is 0 Å².